The number of amides is 3. The molecule has 0 radical (unpaired) electrons. The van der Waals surface area contributed by atoms with Crippen LogP contribution in [0.4, 0.5) is 16.2 Å². The summed E-state index contributed by atoms with van der Waals surface area (Å²) in [7, 11) is 1.31. The first-order chi connectivity index (χ1) is 16.0. The van der Waals surface area contributed by atoms with Crippen LogP contribution in [0.1, 0.15) is 36.5 Å². The molecule has 2 aromatic rings. The van der Waals surface area contributed by atoms with E-state index in [1.165, 1.54) is 7.11 Å². The number of fused-ring (bicyclic) bond motifs is 1. The van der Waals surface area contributed by atoms with Gasteiger partial charge in [-0.2, -0.15) is 0 Å². The van der Waals surface area contributed by atoms with Crippen LogP contribution in [0.25, 0.3) is 0 Å². The van der Waals surface area contributed by atoms with Crippen molar-refractivity contribution < 1.29 is 23.9 Å². The summed E-state index contributed by atoms with van der Waals surface area (Å²) >= 11 is 0. The second-order valence-electron chi connectivity index (χ2n) is 8.30. The number of methoxy groups -OCH3 is 1. The molecule has 2 heterocycles. The molecule has 8 nitrogen and oxygen atoms in total. The Bertz CT molecular complexity index is 1030. The minimum atomic E-state index is -0.498. The summed E-state index contributed by atoms with van der Waals surface area (Å²) in [5.74, 6) is -0.161. The molecule has 0 aromatic heterocycles. The Labute approximate surface area is 193 Å². The number of benzene rings is 2. The molecule has 1 atom stereocenters. The second-order valence-corrected chi connectivity index (χ2v) is 8.30. The zero-order valence-electron chi connectivity index (χ0n) is 19.0. The number of likely N-dealkylation sites (tertiary alicyclic amines) is 1. The maximum Gasteiger partial charge on any atom is 0.339 e. The number of ether oxygens (including phenoxy) is 2. The van der Waals surface area contributed by atoms with Crippen molar-refractivity contribution in [1.82, 2.24) is 4.90 Å². The lowest BCUT2D eigenvalue weighted by atomic mass is 9.95. The minimum absolute atomic E-state index is 0.0398. The number of carbonyl (C=O) groups excluding carboxylic acids is 3. The van der Waals surface area contributed by atoms with Crippen molar-refractivity contribution in [3.05, 3.63) is 54.1 Å². The molecule has 2 aliphatic rings. The van der Waals surface area contributed by atoms with E-state index >= 15 is 0 Å². The van der Waals surface area contributed by atoms with Gasteiger partial charge >= 0.3 is 12.0 Å². The number of rotatable bonds is 4. The van der Waals surface area contributed by atoms with Crippen molar-refractivity contribution in [2.75, 3.05) is 37.0 Å². The summed E-state index contributed by atoms with van der Waals surface area (Å²) in [5.41, 5.74) is 1.53. The Balaban J connectivity index is 1.39. The lowest BCUT2D eigenvalue weighted by molar-refractivity contribution is -0.121. The van der Waals surface area contributed by atoms with E-state index in [0.29, 0.717) is 43.7 Å². The normalized spacial score (nSPS) is 18.2. The topological polar surface area (TPSA) is 88.2 Å². The predicted molar refractivity (Wildman–Crippen MR) is 125 cm³/mol. The molecule has 0 aliphatic carbocycles. The first-order valence-electron chi connectivity index (χ1n) is 11.3. The van der Waals surface area contributed by atoms with E-state index in [0.717, 1.165) is 17.9 Å². The number of hydrogen-bond acceptors (Lipinski definition) is 5. The molecule has 2 aromatic carbocycles. The first-order valence-corrected chi connectivity index (χ1v) is 11.3. The van der Waals surface area contributed by atoms with E-state index in [1.54, 1.807) is 34.1 Å². The van der Waals surface area contributed by atoms with Crippen molar-refractivity contribution in [1.29, 1.82) is 0 Å². The smallest absolute Gasteiger partial charge is 0.339 e. The van der Waals surface area contributed by atoms with Crippen molar-refractivity contribution in [2.45, 2.75) is 32.3 Å². The zero-order valence-corrected chi connectivity index (χ0v) is 19.0. The fourth-order valence-corrected chi connectivity index (χ4v) is 4.31. The molecular formula is C25H29N3O5. The molecule has 0 bridgehead atoms. The molecule has 0 spiro atoms. The van der Waals surface area contributed by atoms with Crippen LogP contribution in [-0.2, 0) is 9.53 Å². The van der Waals surface area contributed by atoms with Crippen molar-refractivity contribution in [3.8, 4) is 5.75 Å². The maximum atomic E-state index is 13.3. The van der Waals surface area contributed by atoms with Crippen LogP contribution in [0.15, 0.2) is 48.5 Å². The summed E-state index contributed by atoms with van der Waals surface area (Å²) < 4.78 is 10.8. The van der Waals surface area contributed by atoms with Gasteiger partial charge in [-0.3, -0.25) is 9.69 Å². The molecule has 33 heavy (non-hydrogen) atoms. The number of urea groups is 1. The lowest BCUT2D eigenvalue weighted by Crippen LogP contribution is -2.52. The van der Waals surface area contributed by atoms with Crippen molar-refractivity contribution >= 4 is 29.3 Å². The molecule has 3 amide bonds. The molecule has 4 rings (SSSR count). The van der Waals surface area contributed by atoms with Gasteiger partial charge < -0.3 is 19.7 Å². The van der Waals surface area contributed by atoms with E-state index in [9.17, 15) is 14.4 Å². The quantitative estimate of drug-likeness (QED) is 0.712. The van der Waals surface area contributed by atoms with Gasteiger partial charge in [-0.05, 0) is 43.5 Å². The van der Waals surface area contributed by atoms with Gasteiger partial charge in [0.05, 0.1) is 30.6 Å². The summed E-state index contributed by atoms with van der Waals surface area (Å²) in [5, 5.41) is 2.86. The van der Waals surface area contributed by atoms with E-state index in [4.69, 9.17) is 9.47 Å². The Hall–Kier alpha value is -3.55. The Morgan fingerprint density at radius 2 is 1.76 bits per heavy atom. The van der Waals surface area contributed by atoms with Gasteiger partial charge in [-0.25, -0.2) is 9.59 Å². The predicted octanol–water partition coefficient (Wildman–Crippen LogP) is 3.92. The number of nitrogens with one attached hydrogen (secondary N) is 1. The van der Waals surface area contributed by atoms with Crippen LogP contribution < -0.4 is 15.0 Å². The summed E-state index contributed by atoms with van der Waals surface area (Å²) in [6.07, 6.45) is 1.89. The molecule has 174 valence electrons. The van der Waals surface area contributed by atoms with Crippen LogP contribution in [0.3, 0.4) is 0 Å². The summed E-state index contributed by atoms with van der Waals surface area (Å²) in [6, 6.07) is 14.3. The molecule has 1 fully saturated rings. The van der Waals surface area contributed by atoms with Gasteiger partial charge in [0.15, 0.2) is 0 Å². The van der Waals surface area contributed by atoms with Gasteiger partial charge in [-0.15, -0.1) is 0 Å². The summed E-state index contributed by atoms with van der Waals surface area (Å²) in [4.78, 5) is 41.8. The Kier molecular flexibility index (Phi) is 6.82. The van der Waals surface area contributed by atoms with E-state index in [2.05, 4.69) is 5.32 Å². The number of nitrogens with zero attached hydrogens (tertiary/aromatic N) is 2. The molecular weight excluding hydrogens is 422 g/mol. The standard InChI is InChI=1S/C25H29N3O5/c1-3-18-16-28(21-10-6-7-11-22(21)33-18)25(31)27-14-12-17(13-15-27)23(29)26-20-9-5-4-8-19(20)24(30)32-2/h4-11,17-18H,3,12-16H2,1-2H3,(H,26,29)/t18-/m0/s1. The monoisotopic (exact) mass is 451 g/mol. The first kappa shape index (κ1) is 22.6. The van der Waals surface area contributed by atoms with Crippen molar-refractivity contribution in [2.24, 2.45) is 5.92 Å². The minimum Gasteiger partial charge on any atom is -0.486 e. The SMILES string of the molecule is CC[C@H]1CN(C(=O)N2CCC(C(=O)Nc3ccccc3C(=O)OC)CC2)c2ccccc2O1. The summed E-state index contributed by atoms with van der Waals surface area (Å²) in [6.45, 7) is 3.54. The largest absolute Gasteiger partial charge is 0.486 e. The van der Waals surface area contributed by atoms with Crippen LogP contribution >= 0.6 is 0 Å². The van der Waals surface area contributed by atoms with Gasteiger partial charge in [0.2, 0.25) is 5.91 Å². The average molecular weight is 452 g/mol. The van der Waals surface area contributed by atoms with Crippen molar-refractivity contribution in [3.63, 3.8) is 0 Å². The Morgan fingerprint density at radius 3 is 2.48 bits per heavy atom. The van der Waals surface area contributed by atoms with Crippen LogP contribution in [0.2, 0.25) is 0 Å². The molecule has 8 heteroatoms. The van der Waals surface area contributed by atoms with Gasteiger partial charge in [0.1, 0.15) is 11.9 Å². The Morgan fingerprint density at radius 1 is 1.06 bits per heavy atom. The molecule has 1 saturated heterocycles. The third kappa shape index (κ3) is 4.79. The number of anilines is 2. The number of carbonyl (C=O) groups is 3. The highest BCUT2D eigenvalue weighted by Crippen LogP contribution is 2.35. The third-order valence-electron chi connectivity index (χ3n) is 6.25. The average Bonchev–Trinajstić information content (AvgIpc) is 2.87. The fourth-order valence-electron chi connectivity index (χ4n) is 4.31. The zero-order chi connectivity index (χ0) is 23.4. The maximum absolute atomic E-state index is 13.3. The van der Waals surface area contributed by atoms with Crippen LogP contribution in [-0.4, -0.2) is 55.7 Å². The van der Waals surface area contributed by atoms with Gasteiger partial charge in [-0.1, -0.05) is 31.2 Å². The fraction of sp³-hybridized carbons (Fsp3) is 0.400. The van der Waals surface area contributed by atoms with Gasteiger partial charge in [0.25, 0.3) is 0 Å². The third-order valence-corrected chi connectivity index (χ3v) is 6.25. The molecule has 0 saturated carbocycles. The number of piperidine rings is 1. The lowest BCUT2D eigenvalue weighted by Gasteiger charge is -2.39. The highest BCUT2D eigenvalue weighted by atomic mass is 16.5. The number of hydrogen-bond donors (Lipinski definition) is 1. The van der Waals surface area contributed by atoms with Gasteiger partial charge in [0, 0.05) is 19.0 Å². The highest BCUT2D eigenvalue weighted by molar-refractivity contribution is 6.02. The van der Waals surface area contributed by atoms with Crippen LogP contribution in [0.5, 0.6) is 5.75 Å². The number of para-hydroxylation sites is 3. The molecule has 0 unspecified atom stereocenters. The molecule has 2 aliphatic heterocycles. The van der Waals surface area contributed by atoms with E-state index in [1.807, 2.05) is 31.2 Å². The van der Waals surface area contributed by atoms with E-state index < -0.39 is 5.97 Å². The second kappa shape index (κ2) is 9.94. The number of esters is 1. The van der Waals surface area contributed by atoms with Crippen LogP contribution in [0, 0.1) is 5.92 Å². The molecule has 1 N–H and O–H groups in total. The van der Waals surface area contributed by atoms with E-state index in [-0.39, 0.29) is 24.0 Å². The highest BCUT2D eigenvalue weighted by Gasteiger charge is 2.34.